The number of nitrogens with zero attached hydrogens (tertiary/aromatic N) is 2. The molecule has 0 saturated carbocycles. The van der Waals surface area contributed by atoms with E-state index in [0.717, 1.165) is 0 Å². The third-order valence-electron chi connectivity index (χ3n) is 2.53. The Balaban J connectivity index is 2.19. The average molecular weight is 232 g/mol. The molecular formula is C11H12N4O2. The average Bonchev–Trinajstić information content (AvgIpc) is 2.68. The van der Waals surface area contributed by atoms with Crippen LogP contribution in [0.25, 0.3) is 0 Å². The van der Waals surface area contributed by atoms with Gasteiger partial charge in [-0.15, -0.1) is 0 Å². The first-order valence-corrected chi connectivity index (χ1v) is 5.18. The highest BCUT2D eigenvalue weighted by Crippen LogP contribution is 2.24. The molecule has 0 radical (unpaired) electrons. The first-order valence-electron chi connectivity index (χ1n) is 5.18. The molecule has 1 atom stereocenters. The Kier molecular flexibility index (Phi) is 2.93. The summed E-state index contributed by atoms with van der Waals surface area (Å²) in [4.78, 5) is 15.7. The van der Waals surface area contributed by atoms with Gasteiger partial charge in [-0.3, -0.25) is 10.1 Å². The first-order chi connectivity index (χ1) is 8.09. The van der Waals surface area contributed by atoms with E-state index < -0.39 is 11.5 Å². The molecule has 0 saturated heterocycles. The summed E-state index contributed by atoms with van der Waals surface area (Å²) < 4.78 is 0. The van der Waals surface area contributed by atoms with Gasteiger partial charge in [0.25, 0.3) is 5.91 Å². The number of carbonyl (C=O) groups is 1. The number of nitrogens with one attached hydrogen (secondary N) is 2. The van der Waals surface area contributed by atoms with Crippen molar-refractivity contribution in [2.24, 2.45) is 0 Å². The number of anilines is 1. The van der Waals surface area contributed by atoms with Crippen LogP contribution >= 0.6 is 0 Å². The molecule has 6 nitrogen and oxygen atoms in total. The molecular weight excluding hydrogens is 220 g/mol. The van der Waals surface area contributed by atoms with Gasteiger partial charge in [-0.1, -0.05) is 11.8 Å². The Labute approximate surface area is 98.1 Å². The van der Waals surface area contributed by atoms with Crippen LogP contribution in [-0.2, 0) is 4.79 Å². The molecule has 1 aromatic heterocycles. The molecule has 1 heterocycles. The highest BCUT2D eigenvalue weighted by Gasteiger charge is 2.31. The Morgan fingerprint density at radius 1 is 1.71 bits per heavy atom. The fourth-order valence-electron chi connectivity index (χ4n) is 1.54. The van der Waals surface area contributed by atoms with E-state index in [1.165, 1.54) is 12.4 Å². The summed E-state index contributed by atoms with van der Waals surface area (Å²) in [7, 11) is 0. The number of H-pyrrole nitrogens is 1. The molecule has 1 aromatic rings. The number of aromatic amines is 1. The zero-order valence-corrected chi connectivity index (χ0v) is 9.32. The predicted octanol–water partition coefficient (Wildman–Crippen LogP) is 0.218. The molecule has 1 amide bonds. The lowest BCUT2D eigenvalue weighted by atomic mass is 9.91. The van der Waals surface area contributed by atoms with Gasteiger partial charge < -0.3 is 5.11 Å². The third kappa shape index (κ3) is 2.52. The summed E-state index contributed by atoms with van der Waals surface area (Å²) in [5, 5.41) is 18.8. The number of hydrogen-bond donors (Lipinski definition) is 3. The normalized spacial score (nSPS) is 23.1. The van der Waals surface area contributed by atoms with E-state index in [1.54, 1.807) is 6.92 Å². The van der Waals surface area contributed by atoms with Crippen LogP contribution in [0.3, 0.4) is 0 Å². The van der Waals surface area contributed by atoms with Gasteiger partial charge in [0.2, 0.25) is 5.95 Å². The number of carbonyl (C=O) groups excluding carboxylic acids is 1. The quantitative estimate of drug-likeness (QED) is 0.636. The molecule has 0 aromatic carbocycles. The Morgan fingerprint density at radius 2 is 2.53 bits per heavy atom. The van der Waals surface area contributed by atoms with E-state index in [9.17, 15) is 9.90 Å². The number of allylic oxidation sites excluding steroid dienone is 1. The van der Waals surface area contributed by atoms with Crippen LogP contribution in [0.4, 0.5) is 5.95 Å². The summed E-state index contributed by atoms with van der Waals surface area (Å²) in [6.07, 6.45) is 3.71. The van der Waals surface area contributed by atoms with Gasteiger partial charge in [-0.2, -0.15) is 10.1 Å². The van der Waals surface area contributed by atoms with Gasteiger partial charge in [0.1, 0.15) is 6.33 Å². The summed E-state index contributed by atoms with van der Waals surface area (Å²) in [5.41, 5.74) is -0.959. The van der Waals surface area contributed by atoms with Gasteiger partial charge >= 0.3 is 0 Å². The minimum atomic E-state index is -1.19. The SMILES string of the molecule is CC1(O)CCC#CC=C1C(=O)Nc1ncn[nH]1. The van der Waals surface area contributed by atoms with Crippen LogP contribution < -0.4 is 5.32 Å². The Bertz CT molecular complexity index is 505. The lowest BCUT2D eigenvalue weighted by molar-refractivity contribution is -0.114. The number of rotatable bonds is 2. The van der Waals surface area contributed by atoms with Crippen molar-refractivity contribution in [1.82, 2.24) is 15.2 Å². The fourth-order valence-corrected chi connectivity index (χ4v) is 1.54. The molecule has 88 valence electrons. The highest BCUT2D eigenvalue weighted by atomic mass is 16.3. The number of hydrogen-bond acceptors (Lipinski definition) is 4. The Hall–Kier alpha value is -2.13. The van der Waals surface area contributed by atoms with Crippen LogP contribution in [0.5, 0.6) is 0 Å². The number of amides is 1. The Morgan fingerprint density at radius 3 is 3.24 bits per heavy atom. The van der Waals surface area contributed by atoms with Crippen molar-refractivity contribution < 1.29 is 9.90 Å². The van der Waals surface area contributed by atoms with Crippen molar-refractivity contribution in [2.45, 2.75) is 25.4 Å². The molecule has 0 aliphatic heterocycles. The molecule has 0 spiro atoms. The standard InChI is InChI=1S/C11H12N4O2/c1-11(17)6-4-2-3-5-8(11)9(16)14-10-12-7-13-15-10/h5,7,17H,4,6H2,1H3,(H2,12,13,14,15,16). The van der Waals surface area contributed by atoms with Crippen molar-refractivity contribution >= 4 is 11.9 Å². The van der Waals surface area contributed by atoms with E-state index in [2.05, 4.69) is 32.3 Å². The smallest absolute Gasteiger partial charge is 0.257 e. The molecule has 6 heteroatoms. The summed E-state index contributed by atoms with van der Waals surface area (Å²) in [6.45, 7) is 1.59. The van der Waals surface area contributed by atoms with Gasteiger partial charge in [-0.05, 0) is 19.4 Å². The van der Waals surface area contributed by atoms with Crippen molar-refractivity contribution in [3.8, 4) is 11.8 Å². The summed E-state index contributed by atoms with van der Waals surface area (Å²) in [6, 6.07) is 0. The summed E-state index contributed by atoms with van der Waals surface area (Å²) in [5.74, 6) is 5.39. The van der Waals surface area contributed by atoms with E-state index in [-0.39, 0.29) is 11.5 Å². The van der Waals surface area contributed by atoms with Crippen LogP contribution in [0.15, 0.2) is 18.0 Å². The van der Waals surface area contributed by atoms with Crippen molar-refractivity contribution in [3.63, 3.8) is 0 Å². The minimum Gasteiger partial charge on any atom is -0.385 e. The van der Waals surface area contributed by atoms with E-state index >= 15 is 0 Å². The fraction of sp³-hybridized carbons (Fsp3) is 0.364. The molecule has 3 N–H and O–H groups in total. The summed E-state index contributed by atoms with van der Waals surface area (Å²) >= 11 is 0. The maximum absolute atomic E-state index is 11.9. The second-order valence-electron chi connectivity index (χ2n) is 3.94. The maximum atomic E-state index is 11.9. The zero-order chi connectivity index (χ0) is 12.3. The van der Waals surface area contributed by atoms with Crippen LogP contribution in [0.1, 0.15) is 19.8 Å². The molecule has 0 bridgehead atoms. The minimum absolute atomic E-state index is 0.235. The van der Waals surface area contributed by atoms with Crippen LogP contribution in [0, 0.1) is 11.8 Å². The largest absolute Gasteiger partial charge is 0.385 e. The maximum Gasteiger partial charge on any atom is 0.257 e. The third-order valence-corrected chi connectivity index (χ3v) is 2.53. The van der Waals surface area contributed by atoms with E-state index in [1.807, 2.05) is 0 Å². The highest BCUT2D eigenvalue weighted by molar-refractivity contribution is 6.04. The van der Waals surface area contributed by atoms with Gasteiger partial charge in [0.05, 0.1) is 11.2 Å². The predicted molar refractivity (Wildman–Crippen MR) is 60.7 cm³/mol. The molecule has 1 aliphatic carbocycles. The molecule has 2 rings (SSSR count). The van der Waals surface area contributed by atoms with Gasteiger partial charge in [-0.25, -0.2) is 5.10 Å². The van der Waals surface area contributed by atoms with Crippen molar-refractivity contribution in [3.05, 3.63) is 18.0 Å². The van der Waals surface area contributed by atoms with Gasteiger partial charge in [0, 0.05) is 6.42 Å². The topological polar surface area (TPSA) is 90.9 Å². The van der Waals surface area contributed by atoms with E-state index in [4.69, 9.17) is 0 Å². The second kappa shape index (κ2) is 4.39. The van der Waals surface area contributed by atoms with Crippen LogP contribution in [-0.4, -0.2) is 31.8 Å². The van der Waals surface area contributed by atoms with Crippen molar-refractivity contribution in [1.29, 1.82) is 0 Å². The van der Waals surface area contributed by atoms with Gasteiger partial charge in [0.15, 0.2) is 0 Å². The molecule has 17 heavy (non-hydrogen) atoms. The molecule has 1 aliphatic rings. The number of aromatic nitrogens is 3. The van der Waals surface area contributed by atoms with E-state index in [0.29, 0.717) is 12.8 Å². The monoisotopic (exact) mass is 232 g/mol. The lowest BCUT2D eigenvalue weighted by Crippen LogP contribution is -2.34. The zero-order valence-electron chi connectivity index (χ0n) is 9.32. The van der Waals surface area contributed by atoms with Crippen LogP contribution in [0.2, 0.25) is 0 Å². The molecule has 0 fully saturated rings. The van der Waals surface area contributed by atoms with Crippen molar-refractivity contribution in [2.75, 3.05) is 5.32 Å². The number of aliphatic hydroxyl groups is 1. The second-order valence-corrected chi connectivity index (χ2v) is 3.94. The first kappa shape index (κ1) is 11.4. The lowest BCUT2D eigenvalue weighted by Gasteiger charge is -2.23. The molecule has 1 unspecified atom stereocenters.